The van der Waals surface area contributed by atoms with Crippen LogP contribution in [-0.2, 0) is 4.79 Å². The summed E-state index contributed by atoms with van der Waals surface area (Å²) in [5, 5.41) is 16.5. The SMILES string of the molecule is CCOc1cc(C=NNC(=O)CNc2ccccc2OC)ccc1O. The average Bonchev–Trinajstić information content (AvgIpc) is 2.63. The lowest BCUT2D eigenvalue weighted by molar-refractivity contribution is -0.119. The first-order chi connectivity index (χ1) is 12.1. The molecule has 0 aliphatic heterocycles. The van der Waals surface area contributed by atoms with E-state index >= 15 is 0 Å². The van der Waals surface area contributed by atoms with Crippen molar-refractivity contribution in [3.63, 3.8) is 0 Å². The van der Waals surface area contributed by atoms with Crippen molar-refractivity contribution >= 4 is 17.8 Å². The lowest BCUT2D eigenvalue weighted by Crippen LogP contribution is -2.26. The molecule has 0 aliphatic carbocycles. The van der Waals surface area contributed by atoms with Crippen molar-refractivity contribution in [2.75, 3.05) is 25.6 Å². The van der Waals surface area contributed by atoms with Gasteiger partial charge in [-0.1, -0.05) is 12.1 Å². The summed E-state index contributed by atoms with van der Waals surface area (Å²) in [7, 11) is 1.57. The molecule has 0 saturated heterocycles. The van der Waals surface area contributed by atoms with Gasteiger partial charge in [0.2, 0.25) is 0 Å². The van der Waals surface area contributed by atoms with E-state index in [0.717, 1.165) is 5.69 Å². The molecule has 0 aromatic heterocycles. The number of phenolic OH excluding ortho intramolecular Hbond substituents is 1. The maximum absolute atomic E-state index is 11.8. The Balaban J connectivity index is 1.87. The van der Waals surface area contributed by atoms with Gasteiger partial charge in [-0.3, -0.25) is 4.79 Å². The molecule has 3 N–H and O–H groups in total. The van der Waals surface area contributed by atoms with Crippen LogP contribution in [0.15, 0.2) is 47.6 Å². The van der Waals surface area contributed by atoms with Crippen LogP contribution in [0.25, 0.3) is 0 Å². The van der Waals surface area contributed by atoms with Crippen molar-refractivity contribution in [1.82, 2.24) is 5.43 Å². The van der Waals surface area contributed by atoms with Gasteiger partial charge in [0.1, 0.15) is 5.75 Å². The van der Waals surface area contributed by atoms with Crippen molar-refractivity contribution in [2.24, 2.45) is 5.10 Å². The largest absolute Gasteiger partial charge is 0.504 e. The quantitative estimate of drug-likeness (QED) is 0.505. The fraction of sp³-hybridized carbons (Fsp3) is 0.222. The van der Waals surface area contributed by atoms with Crippen LogP contribution in [0.3, 0.4) is 0 Å². The molecule has 1 amide bonds. The Morgan fingerprint density at radius 1 is 1.24 bits per heavy atom. The first-order valence-corrected chi connectivity index (χ1v) is 7.78. The Hall–Kier alpha value is -3.22. The highest BCUT2D eigenvalue weighted by atomic mass is 16.5. The van der Waals surface area contributed by atoms with Crippen molar-refractivity contribution in [3.8, 4) is 17.2 Å². The lowest BCUT2D eigenvalue weighted by Gasteiger charge is -2.09. The number of hydrazone groups is 1. The van der Waals surface area contributed by atoms with Crippen molar-refractivity contribution in [3.05, 3.63) is 48.0 Å². The van der Waals surface area contributed by atoms with Gasteiger partial charge < -0.3 is 19.9 Å². The van der Waals surface area contributed by atoms with E-state index in [4.69, 9.17) is 9.47 Å². The fourth-order valence-corrected chi connectivity index (χ4v) is 2.07. The number of nitrogens with one attached hydrogen (secondary N) is 2. The van der Waals surface area contributed by atoms with Gasteiger partial charge in [0.15, 0.2) is 11.5 Å². The molecule has 0 atom stereocenters. The minimum absolute atomic E-state index is 0.0531. The normalized spacial score (nSPS) is 10.5. The first-order valence-electron chi connectivity index (χ1n) is 7.78. The summed E-state index contributed by atoms with van der Waals surface area (Å²) in [4.78, 5) is 11.8. The minimum atomic E-state index is -0.300. The van der Waals surface area contributed by atoms with E-state index in [1.807, 2.05) is 25.1 Å². The molecular weight excluding hydrogens is 322 g/mol. The topological polar surface area (TPSA) is 92.2 Å². The number of anilines is 1. The number of benzene rings is 2. The van der Waals surface area contributed by atoms with Gasteiger partial charge in [-0.2, -0.15) is 5.10 Å². The predicted molar refractivity (Wildman–Crippen MR) is 96.5 cm³/mol. The Morgan fingerprint density at radius 3 is 2.80 bits per heavy atom. The van der Waals surface area contributed by atoms with E-state index in [-0.39, 0.29) is 18.2 Å². The molecule has 0 aliphatic rings. The zero-order chi connectivity index (χ0) is 18.1. The molecule has 2 aromatic rings. The summed E-state index contributed by atoms with van der Waals surface area (Å²) in [5.41, 5.74) is 3.85. The average molecular weight is 343 g/mol. The molecule has 7 nitrogen and oxygen atoms in total. The number of phenols is 1. The van der Waals surface area contributed by atoms with Crippen LogP contribution in [0.1, 0.15) is 12.5 Å². The summed E-state index contributed by atoms with van der Waals surface area (Å²) >= 11 is 0. The number of amides is 1. The van der Waals surface area contributed by atoms with Crippen LogP contribution in [0.5, 0.6) is 17.2 Å². The summed E-state index contributed by atoms with van der Waals surface area (Å²) in [6, 6.07) is 12.1. The number of hydrogen-bond donors (Lipinski definition) is 3. The Kier molecular flexibility index (Phi) is 6.65. The van der Waals surface area contributed by atoms with Crippen LogP contribution in [0.4, 0.5) is 5.69 Å². The summed E-state index contributed by atoms with van der Waals surface area (Å²) in [6.07, 6.45) is 1.48. The Bertz CT molecular complexity index is 747. The van der Waals surface area contributed by atoms with Gasteiger partial charge >= 0.3 is 0 Å². The summed E-state index contributed by atoms with van der Waals surface area (Å²) in [5.74, 6) is 0.789. The van der Waals surface area contributed by atoms with E-state index in [2.05, 4.69) is 15.8 Å². The van der Waals surface area contributed by atoms with Gasteiger partial charge in [-0.25, -0.2) is 5.43 Å². The third kappa shape index (κ3) is 5.42. The van der Waals surface area contributed by atoms with Crippen LogP contribution < -0.4 is 20.2 Å². The molecule has 0 fully saturated rings. The van der Waals surface area contributed by atoms with Gasteiger partial charge in [0.25, 0.3) is 5.91 Å². The third-order valence-corrected chi connectivity index (χ3v) is 3.23. The van der Waals surface area contributed by atoms with E-state index in [9.17, 15) is 9.90 Å². The van der Waals surface area contributed by atoms with Gasteiger partial charge in [0, 0.05) is 0 Å². The summed E-state index contributed by atoms with van der Waals surface area (Å²) < 4.78 is 10.5. The molecule has 0 bridgehead atoms. The zero-order valence-corrected chi connectivity index (χ0v) is 14.2. The monoisotopic (exact) mass is 343 g/mol. The number of methoxy groups -OCH3 is 1. The molecule has 0 radical (unpaired) electrons. The second-order valence-electron chi connectivity index (χ2n) is 5.01. The smallest absolute Gasteiger partial charge is 0.259 e. The van der Waals surface area contributed by atoms with Crippen molar-refractivity contribution < 1.29 is 19.4 Å². The molecule has 2 aromatic carbocycles. The standard InChI is InChI=1S/C18H21N3O4/c1-3-25-17-10-13(8-9-15(17)22)11-20-21-18(23)12-19-14-6-4-5-7-16(14)24-2/h4-11,19,22H,3,12H2,1-2H3,(H,21,23). The molecule has 0 heterocycles. The van der Waals surface area contributed by atoms with Crippen molar-refractivity contribution in [2.45, 2.75) is 6.92 Å². The number of carbonyl (C=O) groups excluding carboxylic acids is 1. The van der Waals surface area contributed by atoms with Crippen molar-refractivity contribution in [1.29, 1.82) is 0 Å². The van der Waals surface area contributed by atoms with E-state index in [1.54, 1.807) is 25.3 Å². The third-order valence-electron chi connectivity index (χ3n) is 3.23. The molecule has 0 saturated carbocycles. The van der Waals surface area contributed by atoms with Gasteiger partial charge in [0.05, 0.1) is 32.2 Å². The molecule has 0 unspecified atom stereocenters. The number of hydrogen-bond acceptors (Lipinski definition) is 6. The van der Waals surface area contributed by atoms with E-state index in [0.29, 0.717) is 23.7 Å². The maximum Gasteiger partial charge on any atom is 0.259 e. The zero-order valence-electron chi connectivity index (χ0n) is 14.2. The first kappa shape index (κ1) is 18.1. The Labute approximate surface area is 146 Å². The molecule has 7 heteroatoms. The van der Waals surface area contributed by atoms with Crippen LogP contribution >= 0.6 is 0 Å². The van der Waals surface area contributed by atoms with Crippen LogP contribution in [0, 0.1) is 0 Å². The number of para-hydroxylation sites is 2. The van der Waals surface area contributed by atoms with Crippen LogP contribution in [0.2, 0.25) is 0 Å². The summed E-state index contributed by atoms with van der Waals surface area (Å²) in [6.45, 7) is 2.33. The molecule has 25 heavy (non-hydrogen) atoms. The molecule has 2 rings (SSSR count). The minimum Gasteiger partial charge on any atom is -0.504 e. The molecule has 0 spiro atoms. The highest BCUT2D eigenvalue weighted by Crippen LogP contribution is 2.26. The Morgan fingerprint density at radius 2 is 2.04 bits per heavy atom. The second kappa shape index (κ2) is 9.17. The van der Waals surface area contributed by atoms with E-state index < -0.39 is 0 Å². The number of carbonyl (C=O) groups is 1. The van der Waals surface area contributed by atoms with Gasteiger partial charge in [-0.15, -0.1) is 0 Å². The van der Waals surface area contributed by atoms with E-state index in [1.165, 1.54) is 12.3 Å². The number of aromatic hydroxyl groups is 1. The van der Waals surface area contributed by atoms with Gasteiger partial charge in [-0.05, 0) is 42.8 Å². The highest BCUT2D eigenvalue weighted by molar-refractivity contribution is 5.85. The molecule has 132 valence electrons. The number of rotatable bonds is 8. The predicted octanol–water partition coefficient (Wildman–Crippen LogP) is 2.36. The fourth-order valence-electron chi connectivity index (χ4n) is 2.07. The number of nitrogens with zero attached hydrogens (tertiary/aromatic N) is 1. The number of ether oxygens (including phenoxy) is 2. The van der Waals surface area contributed by atoms with Crippen LogP contribution in [-0.4, -0.2) is 37.5 Å². The lowest BCUT2D eigenvalue weighted by atomic mass is 10.2. The molecular formula is C18H21N3O4. The highest BCUT2D eigenvalue weighted by Gasteiger charge is 2.04. The maximum atomic E-state index is 11.8. The second-order valence-corrected chi connectivity index (χ2v) is 5.01.